The van der Waals surface area contributed by atoms with Gasteiger partial charge in [-0.15, -0.1) is 0 Å². The first-order chi connectivity index (χ1) is 9.46. The number of aliphatic hydroxyl groups is 1. The van der Waals surface area contributed by atoms with Crippen molar-refractivity contribution >= 4 is 26.9 Å². The van der Waals surface area contributed by atoms with Crippen LogP contribution in [0, 0.1) is 5.82 Å². The van der Waals surface area contributed by atoms with Crippen molar-refractivity contribution in [2.45, 2.75) is 12.5 Å². The molecule has 0 aliphatic heterocycles. The number of benzene rings is 2. The number of hydrogen-bond acceptors (Lipinski definition) is 2. The number of halogens is 2. The molecule has 0 radical (unpaired) electrons. The van der Waals surface area contributed by atoms with E-state index in [1.54, 1.807) is 19.1 Å². The predicted octanol–water partition coefficient (Wildman–Crippen LogP) is 4.59. The van der Waals surface area contributed by atoms with E-state index in [0.29, 0.717) is 22.3 Å². The van der Waals surface area contributed by atoms with Crippen LogP contribution in [0.15, 0.2) is 57.4 Å². The van der Waals surface area contributed by atoms with Crippen molar-refractivity contribution in [1.29, 1.82) is 0 Å². The van der Waals surface area contributed by atoms with E-state index in [9.17, 15) is 9.50 Å². The van der Waals surface area contributed by atoms with Crippen molar-refractivity contribution in [2.75, 3.05) is 0 Å². The van der Waals surface area contributed by atoms with Crippen LogP contribution in [0.4, 0.5) is 4.39 Å². The number of rotatable bonds is 2. The minimum absolute atomic E-state index is 0.327. The molecule has 0 aliphatic rings. The maximum absolute atomic E-state index is 13.2. The Bertz CT molecular complexity index is 777. The Morgan fingerprint density at radius 2 is 1.95 bits per heavy atom. The van der Waals surface area contributed by atoms with Gasteiger partial charge in [0, 0.05) is 9.86 Å². The molecule has 1 atom stereocenters. The fourth-order valence-corrected chi connectivity index (χ4v) is 2.59. The second-order valence-corrected chi connectivity index (χ2v) is 5.79. The third-order valence-electron chi connectivity index (χ3n) is 3.34. The first-order valence-electron chi connectivity index (χ1n) is 6.15. The van der Waals surface area contributed by atoms with Crippen LogP contribution in [-0.4, -0.2) is 5.11 Å². The summed E-state index contributed by atoms with van der Waals surface area (Å²) in [6.07, 6.45) is 0. The summed E-state index contributed by atoms with van der Waals surface area (Å²) in [5.74, 6) is 0.0585. The molecule has 0 saturated carbocycles. The molecule has 20 heavy (non-hydrogen) atoms. The van der Waals surface area contributed by atoms with Crippen molar-refractivity contribution in [3.63, 3.8) is 0 Å². The molecule has 2 nitrogen and oxygen atoms in total. The number of hydrogen-bond donors (Lipinski definition) is 1. The molecule has 3 aromatic rings. The minimum Gasteiger partial charge on any atom is -0.458 e. The first kappa shape index (κ1) is 13.3. The molecule has 0 spiro atoms. The molecule has 1 heterocycles. The zero-order valence-corrected chi connectivity index (χ0v) is 12.3. The Morgan fingerprint density at radius 3 is 2.70 bits per heavy atom. The van der Waals surface area contributed by atoms with Crippen LogP contribution in [0.5, 0.6) is 0 Å². The summed E-state index contributed by atoms with van der Waals surface area (Å²) in [7, 11) is 0. The summed E-state index contributed by atoms with van der Waals surface area (Å²) in [4.78, 5) is 0. The first-order valence-corrected chi connectivity index (χ1v) is 6.94. The third kappa shape index (κ3) is 2.25. The van der Waals surface area contributed by atoms with Crippen molar-refractivity contribution in [1.82, 2.24) is 0 Å². The van der Waals surface area contributed by atoms with E-state index in [0.717, 1.165) is 4.47 Å². The SMILES string of the molecule is CC(O)(c1cccc(Br)c1)c1cc2cc(F)ccc2o1. The van der Waals surface area contributed by atoms with Crippen LogP contribution in [0.1, 0.15) is 18.2 Å². The van der Waals surface area contributed by atoms with E-state index in [2.05, 4.69) is 15.9 Å². The van der Waals surface area contributed by atoms with Gasteiger partial charge in [-0.1, -0.05) is 28.1 Å². The molecule has 0 aliphatic carbocycles. The zero-order chi connectivity index (χ0) is 14.3. The normalized spacial score (nSPS) is 14.4. The van der Waals surface area contributed by atoms with Gasteiger partial charge in [0.05, 0.1) is 0 Å². The average molecular weight is 335 g/mol. The number of fused-ring (bicyclic) bond motifs is 1. The Hall–Kier alpha value is -1.65. The quantitative estimate of drug-likeness (QED) is 0.743. The van der Waals surface area contributed by atoms with Gasteiger partial charge in [-0.2, -0.15) is 0 Å². The molecule has 3 rings (SSSR count). The minimum atomic E-state index is -1.28. The summed E-state index contributed by atoms with van der Waals surface area (Å²) in [5, 5.41) is 11.4. The Morgan fingerprint density at radius 1 is 1.15 bits per heavy atom. The number of furan rings is 1. The van der Waals surface area contributed by atoms with Crippen LogP contribution in [-0.2, 0) is 5.60 Å². The van der Waals surface area contributed by atoms with Crippen LogP contribution < -0.4 is 0 Å². The summed E-state index contributed by atoms with van der Waals surface area (Å²) in [5.41, 5.74) is -0.0256. The van der Waals surface area contributed by atoms with Crippen LogP contribution in [0.25, 0.3) is 11.0 Å². The highest BCUT2D eigenvalue weighted by atomic mass is 79.9. The van der Waals surface area contributed by atoms with E-state index in [-0.39, 0.29) is 5.82 Å². The van der Waals surface area contributed by atoms with Gasteiger partial charge in [0.1, 0.15) is 22.8 Å². The third-order valence-corrected chi connectivity index (χ3v) is 3.84. The van der Waals surface area contributed by atoms with E-state index >= 15 is 0 Å². The van der Waals surface area contributed by atoms with E-state index in [1.165, 1.54) is 12.1 Å². The zero-order valence-electron chi connectivity index (χ0n) is 10.7. The van der Waals surface area contributed by atoms with Gasteiger partial charge in [0.15, 0.2) is 0 Å². The van der Waals surface area contributed by atoms with Gasteiger partial charge in [-0.3, -0.25) is 0 Å². The molecule has 2 aromatic carbocycles. The molecule has 0 amide bonds. The molecule has 102 valence electrons. The van der Waals surface area contributed by atoms with E-state index in [1.807, 2.05) is 24.3 Å². The molecule has 0 saturated heterocycles. The maximum Gasteiger partial charge on any atom is 0.144 e. The Balaban J connectivity index is 2.13. The molecular formula is C16H12BrFO2. The molecule has 0 fully saturated rings. The summed E-state index contributed by atoms with van der Waals surface area (Å²) < 4.78 is 19.7. The van der Waals surface area contributed by atoms with Crippen molar-refractivity contribution < 1.29 is 13.9 Å². The molecule has 4 heteroatoms. The Labute approximate surface area is 124 Å². The van der Waals surface area contributed by atoms with Crippen molar-refractivity contribution in [3.8, 4) is 0 Å². The largest absolute Gasteiger partial charge is 0.458 e. The van der Waals surface area contributed by atoms with Gasteiger partial charge in [-0.05, 0) is 48.9 Å². The second kappa shape index (κ2) is 4.72. The summed E-state index contributed by atoms with van der Waals surface area (Å²) in [6.45, 7) is 1.66. The summed E-state index contributed by atoms with van der Waals surface area (Å²) >= 11 is 3.38. The van der Waals surface area contributed by atoms with Crippen LogP contribution in [0.2, 0.25) is 0 Å². The van der Waals surface area contributed by atoms with Gasteiger partial charge in [-0.25, -0.2) is 4.39 Å². The average Bonchev–Trinajstić information content (AvgIpc) is 2.82. The lowest BCUT2D eigenvalue weighted by molar-refractivity contribution is 0.0786. The van der Waals surface area contributed by atoms with Gasteiger partial charge in [0.25, 0.3) is 0 Å². The molecule has 0 bridgehead atoms. The lowest BCUT2D eigenvalue weighted by Crippen LogP contribution is -2.21. The fourth-order valence-electron chi connectivity index (χ4n) is 2.19. The molecular weight excluding hydrogens is 323 g/mol. The maximum atomic E-state index is 13.2. The summed E-state index contributed by atoms with van der Waals surface area (Å²) in [6, 6.07) is 13.3. The van der Waals surface area contributed by atoms with E-state index in [4.69, 9.17) is 4.42 Å². The molecule has 1 aromatic heterocycles. The topological polar surface area (TPSA) is 33.4 Å². The van der Waals surface area contributed by atoms with Crippen molar-refractivity contribution in [3.05, 3.63) is 70.1 Å². The highest BCUT2D eigenvalue weighted by Gasteiger charge is 2.29. The smallest absolute Gasteiger partial charge is 0.144 e. The van der Waals surface area contributed by atoms with Gasteiger partial charge < -0.3 is 9.52 Å². The monoisotopic (exact) mass is 334 g/mol. The van der Waals surface area contributed by atoms with Crippen molar-refractivity contribution in [2.24, 2.45) is 0 Å². The fraction of sp³-hybridized carbons (Fsp3) is 0.125. The highest BCUT2D eigenvalue weighted by molar-refractivity contribution is 9.10. The van der Waals surface area contributed by atoms with Crippen LogP contribution >= 0.6 is 15.9 Å². The Kier molecular flexibility index (Phi) is 3.15. The molecule has 1 N–H and O–H groups in total. The lowest BCUT2D eigenvalue weighted by Gasteiger charge is -2.21. The van der Waals surface area contributed by atoms with Crippen LogP contribution in [0.3, 0.4) is 0 Å². The lowest BCUT2D eigenvalue weighted by atomic mass is 9.93. The molecule has 1 unspecified atom stereocenters. The van der Waals surface area contributed by atoms with Gasteiger partial charge >= 0.3 is 0 Å². The highest BCUT2D eigenvalue weighted by Crippen LogP contribution is 2.34. The second-order valence-electron chi connectivity index (χ2n) is 4.88. The van der Waals surface area contributed by atoms with E-state index < -0.39 is 5.60 Å². The predicted molar refractivity (Wildman–Crippen MR) is 79.0 cm³/mol. The standard InChI is InChI=1S/C16H12BrFO2/c1-16(19,11-3-2-4-12(17)9-11)15-8-10-7-13(18)5-6-14(10)20-15/h2-9,19H,1H3. The van der Waals surface area contributed by atoms with Gasteiger partial charge in [0.2, 0.25) is 0 Å².